The average molecular weight is 254 g/mol. The number of nitrogens with one attached hydrogen (secondary N) is 1. The molecule has 0 radical (unpaired) electrons. The molecule has 0 heterocycles. The van der Waals surface area contributed by atoms with Crippen molar-refractivity contribution < 1.29 is 0 Å². The van der Waals surface area contributed by atoms with E-state index in [1.165, 1.54) is 84.1 Å². The standard InChI is InChI=1S/C16H34N2/c1-3-18(4-2)15-9-13-17-14-12-16-10-7-5-6-8-11-16/h16-17H,3-15H2,1-2H3. The summed E-state index contributed by atoms with van der Waals surface area (Å²) in [6.45, 7) is 10.6. The van der Waals surface area contributed by atoms with Gasteiger partial charge in [-0.25, -0.2) is 0 Å². The third-order valence-corrected chi connectivity index (χ3v) is 4.43. The predicted octanol–water partition coefficient (Wildman–Crippen LogP) is 3.67. The second-order valence-corrected chi connectivity index (χ2v) is 5.78. The van der Waals surface area contributed by atoms with Crippen molar-refractivity contribution in [3.8, 4) is 0 Å². The molecule has 0 atom stereocenters. The lowest BCUT2D eigenvalue weighted by Gasteiger charge is -2.18. The van der Waals surface area contributed by atoms with Crippen LogP contribution in [0.4, 0.5) is 0 Å². The summed E-state index contributed by atoms with van der Waals surface area (Å²) in [6, 6.07) is 0. The van der Waals surface area contributed by atoms with E-state index < -0.39 is 0 Å². The Hall–Kier alpha value is -0.0800. The van der Waals surface area contributed by atoms with E-state index in [0.717, 1.165) is 5.92 Å². The van der Waals surface area contributed by atoms with Crippen molar-refractivity contribution in [3.63, 3.8) is 0 Å². The summed E-state index contributed by atoms with van der Waals surface area (Å²) >= 11 is 0. The van der Waals surface area contributed by atoms with Crippen molar-refractivity contribution in [2.45, 2.75) is 65.2 Å². The molecule has 2 nitrogen and oxygen atoms in total. The van der Waals surface area contributed by atoms with Crippen molar-refractivity contribution in [1.82, 2.24) is 10.2 Å². The highest BCUT2D eigenvalue weighted by molar-refractivity contribution is 4.66. The molecule has 0 aromatic heterocycles. The molecule has 0 spiro atoms. The Labute approximate surface area is 115 Å². The second-order valence-electron chi connectivity index (χ2n) is 5.78. The highest BCUT2D eigenvalue weighted by Gasteiger charge is 2.11. The molecular weight excluding hydrogens is 220 g/mol. The zero-order valence-corrected chi connectivity index (χ0v) is 12.7. The molecule has 108 valence electrons. The highest BCUT2D eigenvalue weighted by Crippen LogP contribution is 2.24. The Morgan fingerprint density at radius 3 is 2.22 bits per heavy atom. The van der Waals surface area contributed by atoms with E-state index in [9.17, 15) is 0 Å². The average Bonchev–Trinajstić information content (AvgIpc) is 2.67. The van der Waals surface area contributed by atoms with Gasteiger partial charge in [0, 0.05) is 0 Å². The SMILES string of the molecule is CCN(CC)CCCNCCC1CCCCCC1. The van der Waals surface area contributed by atoms with E-state index in [1.807, 2.05) is 0 Å². The van der Waals surface area contributed by atoms with Gasteiger partial charge in [-0.2, -0.15) is 0 Å². The van der Waals surface area contributed by atoms with Gasteiger partial charge in [0.1, 0.15) is 0 Å². The molecule has 1 saturated carbocycles. The van der Waals surface area contributed by atoms with Crippen molar-refractivity contribution in [2.24, 2.45) is 5.92 Å². The van der Waals surface area contributed by atoms with Gasteiger partial charge in [0.15, 0.2) is 0 Å². The van der Waals surface area contributed by atoms with Gasteiger partial charge < -0.3 is 10.2 Å². The first-order valence-corrected chi connectivity index (χ1v) is 8.29. The first-order valence-electron chi connectivity index (χ1n) is 8.29. The van der Waals surface area contributed by atoms with Crippen LogP contribution in [-0.2, 0) is 0 Å². The van der Waals surface area contributed by atoms with E-state index in [-0.39, 0.29) is 0 Å². The molecule has 0 unspecified atom stereocenters. The maximum absolute atomic E-state index is 3.63. The van der Waals surface area contributed by atoms with E-state index >= 15 is 0 Å². The number of hydrogen-bond acceptors (Lipinski definition) is 2. The summed E-state index contributed by atoms with van der Waals surface area (Å²) in [5.41, 5.74) is 0. The maximum Gasteiger partial charge on any atom is -0.000687 e. The quantitative estimate of drug-likeness (QED) is 0.499. The van der Waals surface area contributed by atoms with Gasteiger partial charge in [-0.05, 0) is 51.5 Å². The van der Waals surface area contributed by atoms with Gasteiger partial charge in [0.25, 0.3) is 0 Å². The molecule has 0 saturated heterocycles. The van der Waals surface area contributed by atoms with Crippen LogP contribution in [0.3, 0.4) is 0 Å². The molecule has 0 bridgehead atoms. The molecule has 0 aliphatic heterocycles. The minimum atomic E-state index is 1.02. The zero-order valence-electron chi connectivity index (χ0n) is 12.7. The van der Waals surface area contributed by atoms with Crippen LogP contribution in [0.15, 0.2) is 0 Å². The molecule has 1 aliphatic carbocycles. The van der Waals surface area contributed by atoms with Crippen LogP contribution in [0.2, 0.25) is 0 Å². The lowest BCUT2D eigenvalue weighted by molar-refractivity contribution is 0.297. The third kappa shape index (κ3) is 7.38. The molecule has 0 aromatic rings. The Morgan fingerprint density at radius 2 is 1.61 bits per heavy atom. The summed E-state index contributed by atoms with van der Waals surface area (Å²) in [5.74, 6) is 1.02. The summed E-state index contributed by atoms with van der Waals surface area (Å²) < 4.78 is 0. The highest BCUT2D eigenvalue weighted by atomic mass is 15.1. The molecule has 0 amide bonds. The van der Waals surface area contributed by atoms with Crippen molar-refractivity contribution in [2.75, 3.05) is 32.7 Å². The Balaban J connectivity index is 1.91. The van der Waals surface area contributed by atoms with Crippen molar-refractivity contribution in [1.29, 1.82) is 0 Å². The van der Waals surface area contributed by atoms with Gasteiger partial charge >= 0.3 is 0 Å². The lowest BCUT2D eigenvalue weighted by atomic mass is 9.97. The minimum absolute atomic E-state index is 1.02. The molecule has 0 aromatic carbocycles. The fourth-order valence-electron chi connectivity index (χ4n) is 3.05. The molecule has 1 rings (SSSR count). The van der Waals surface area contributed by atoms with E-state index in [1.54, 1.807) is 0 Å². The van der Waals surface area contributed by atoms with Crippen molar-refractivity contribution >= 4 is 0 Å². The summed E-state index contributed by atoms with van der Waals surface area (Å²) in [6.07, 6.45) is 11.6. The fourth-order valence-corrected chi connectivity index (χ4v) is 3.05. The van der Waals surface area contributed by atoms with Gasteiger partial charge in [0.2, 0.25) is 0 Å². The van der Waals surface area contributed by atoms with Gasteiger partial charge in [-0.15, -0.1) is 0 Å². The number of hydrogen-bond donors (Lipinski definition) is 1. The Morgan fingerprint density at radius 1 is 0.944 bits per heavy atom. The summed E-state index contributed by atoms with van der Waals surface area (Å²) in [5, 5.41) is 3.63. The molecule has 1 aliphatic rings. The minimum Gasteiger partial charge on any atom is -0.317 e. The molecule has 18 heavy (non-hydrogen) atoms. The second kappa shape index (κ2) is 10.8. The van der Waals surface area contributed by atoms with Gasteiger partial charge in [-0.3, -0.25) is 0 Å². The third-order valence-electron chi connectivity index (χ3n) is 4.43. The largest absolute Gasteiger partial charge is 0.317 e. The Kier molecular flexibility index (Phi) is 9.59. The van der Waals surface area contributed by atoms with Crippen LogP contribution in [0.5, 0.6) is 0 Å². The van der Waals surface area contributed by atoms with Crippen LogP contribution in [-0.4, -0.2) is 37.6 Å². The monoisotopic (exact) mass is 254 g/mol. The number of nitrogens with zero attached hydrogens (tertiary/aromatic N) is 1. The van der Waals surface area contributed by atoms with Gasteiger partial charge in [0.05, 0.1) is 0 Å². The normalized spacial score (nSPS) is 18.2. The van der Waals surface area contributed by atoms with E-state index in [2.05, 4.69) is 24.1 Å². The van der Waals surface area contributed by atoms with Crippen LogP contribution in [0.1, 0.15) is 65.2 Å². The number of rotatable bonds is 9. The van der Waals surface area contributed by atoms with Crippen LogP contribution >= 0.6 is 0 Å². The van der Waals surface area contributed by atoms with Crippen LogP contribution in [0, 0.1) is 5.92 Å². The molecule has 1 fully saturated rings. The Bertz CT molecular complexity index is 170. The smallest absolute Gasteiger partial charge is 0.000687 e. The molecule has 1 N–H and O–H groups in total. The lowest BCUT2D eigenvalue weighted by Crippen LogP contribution is -2.27. The summed E-state index contributed by atoms with van der Waals surface area (Å²) in [4.78, 5) is 2.51. The fraction of sp³-hybridized carbons (Fsp3) is 1.00. The molecular formula is C16H34N2. The van der Waals surface area contributed by atoms with E-state index in [0.29, 0.717) is 0 Å². The van der Waals surface area contributed by atoms with Crippen molar-refractivity contribution in [3.05, 3.63) is 0 Å². The first-order chi connectivity index (χ1) is 8.86. The van der Waals surface area contributed by atoms with E-state index in [4.69, 9.17) is 0 Å². The zero-order chi connectivity index (χ0) is 13.1. The predicted molar refractivity (Wildman–Crippen MR) is 81.1 cm³/mol. The topological polar surface area (TPSA) is 15.3 Å². The first kappa shape index (κ1) is 16.0. The van der Waals surface area contributed by atoms with Crippen LogP contribution in [0.25, 0.3) is 0 Å². The van der Waals surface area contributed by atoms with Gasteiger partial charge in [-0.1, -0.05) is 52.4 Å². The summed E-state index contributed by atoms with van der Waals surface area (Å²) in [7, 11) is 0. The maximum atomic E-state index is 3.63. The van der Waals surface area contributed by atoms with Crippen LogP contribution < -0.4 is 5.32 Å². The molecule has 2 heteroatoms.